The van der Waals surface area contributed by atoms with E-state index in [0.717, 1.165) is 0 Å². The molecule has 22 heavy (non-hydrogen) atoms. The summed E-state index contributed by atoms with van der Waals surface area (Å²) in [7, 11) is 0. The summed E-state index contributed by atoms with van der Waals surface area (Å²) < 4.78 is 5.61. The Hall–Kier alpha value is -1.91. The number of nitrogen functional groups attached to an aromatic ring is 1. The first-order valence-corrected chi connectivity index (χ1v) is 7.42. The monoisotopic (exact) mass is 338 g/mol. The van der Waals surface area contributed by atoms with Gasteiger partial charge in [0.25, 0.3) is 5.91 Å². The molecule has 0 saturated heterocycles. The van der Waals surface area contributed by atoms with Crippen molar-refractivity contribution in [3.05, 3.63) is 52.0 Å². The average molecular weight is 339 g/mol. The van der Waals surface area contributed by atoms with Gasteiger partial charge in [-0.3, -0.25) is 4.79 Å². The summed E-state index contributed by atoms with van der Waals surface area (Å²) in [4.78, 5) is 12.2. The summed E-state index contributed by atoms with van der Waals surface area (Å²) in [6, 6.07) is 10.3. The first-order chi connectivity index (χ1) is 10.4. The number of nitrogens with two attached hydrogens (primary N) is 1. The van der Waals surface area contributed by atoms with Gasteiger partial charge < -0.3 is 15.8 Å². The van der Waals surface area contributed by atoms with Crippen molar-refractivity contribution < 1.29 is 9.53 Å². The molecule has 0 aliphatic rings. The molecule has 4 nitrogen and oxygen atoms in total. The number of hydrogen-bond donors (Lipinski definition) is 2. The molecule has 0 aromatic heterocycles. The number of halogens is 2. The third-order valence-electron chi connectivity index (χ3n) is 3.18. The lowest BCUT2D eigenvalue weighted by molar-refractivity contribution is -0.122. The molecule has 1 unspecified atom stereocenters. The molecule has 1 amide bonds. The van der Waals surface area contributed by atoms with Crippen molar-refractivity contribution in [2.75, 3.05) is 11.1 Å². The topological polar surface area (TPSA) is 64.3 Å². The third kappa shape index (κ3) is 3.64. The van der Waals surface area contributed by atoms with Gasteiger partial charge in [0.05, 0.1) is 16.4 Å². The Kier molecular flexibility index (Phi) is 5.16. The molecule has 2 aromatic rings. The van der Waals surface area contributed by atoms with E-state index in [2.05, 4.69) is 5.32 Å². The summed E-state index contributed by atoms with van der Waals surface area (Å²) in [6.45, 7) is 3.42. The predicted octanol–water partition coefficient (Wildman–Crippen LogP) is 4.29. The van der Waals surface area contributed by atoms with Crippen LogP contribution in [-0.2, 0) is 4.79 Å². The van der Waals surface area contributed by atoms with Crippen LogP contribution in [0.25, 0.3) is 0 Å². The molecular formula is C16H16Cl2N2O2. The van der Waals surface area contributed by atoms with E-state index in [9.17, 15) is 4.79 Å². The zero-order valence-corrected chi connectivity index (χ0v) is 13.7. The SMILES string of the molecule is Cc1c(Cl)ccc(OC(C)C(=O)Nc2ccccc2N)c1Cl. The van der Waals surface area contributed by atoms with Crippen LogP contribution >= 0.6 is 23.2 Å². The average Bonchev–Trinajstić information content (AvgIpc) is 2.50. The second kappa shape index (κ2) is 6.90. The molecule has 0 spiro atoms. The van der Waals surface area contributed by atoms with Gasteiger partial charge in [0.15, 0.2) is 6.10 Å². The minimum Gasteiger partial charge on any atom is -0.479 e. The smallest absolute Gasteiger partial charge is 0.265 e. The van der Waals surface area contributed by atoms with Gasteiger partial charge in [0.2, 0.25) is 0 Å². The third-order valence-corrected chi connectivity index (χ3v) is 4.06. The highest BCUT2D eigenvalue weighted by molar-refractivity contribution is 6.36. The summed E-state index contributed by atoms with van der Waals surface area (Å²) >= 11 is 12.1. The lowest BCUT2D eigenvalue weighted by Crippen LogP contribution is -2.30. The zero-order valence-electron chi connectivity index (χ0n) is 12.2. The van der Waals surface area contributed by atoms with Crippen LogP contribution in [0.5, 0.6) is 5.75 Å². The number of para-hydroxylation sites is 2. The second-order valence-corrected chi connectivity index (χ2v) is 5.61. The van der Waals surface area contributed by atoms with E-state index in [1.807, 2.05) is 0 Å². The van der Waals surface area contributed by atoms with Crippen molar-refractivity contribution in [1.82, 2.24) is 0 Å². The fourth-order valence-corrected chi connectivity index (χ4v) is 2.23. The minimum atomic E-state index is -0.738. The largest absolute Gasteiger partial charge is 0.479 e. The van der Waals surface area contributed by atoms with Crippen molar-refractivity contribution in [3.63, 3.8) is 0 Å². The Bertz CT molecular complexity index is 705. The predicted molar refractivity (Wildman–Crippen MR) is 90.8 cm³/mol. The highest BCUT2D eigenvalue weighted by Gasteiger charge is 2.18. The van der Waals surface area contributed by atoms with Crippen LogP contribution in [0.15, 0.2) is 36.4 Å². The zero-order chi connectivity index (χ0) is 16.3. The van der Waals surface area contributed by atoms with Crippen LogP contribution in [0.4, 0.5) is 11.4 Å². The number of amides is 1. The van der Waals surface area contributed by atoms with E-state index in [4.69, 9.17) is 33.7 Å². The van der Waals surface area contributed by atoms with E-state index < -0.39 is 6.10 Å². The Morgan fingerprint density at radius 2 is 1.91 bits per heavy atom. The normalized spacial score (nSPS) is 11.8. The lowest BCUT2D eigenvalue weighted by atomic mass is 10.2. The first kappa shape index (κ1) is 16.5. The fraction of sp³-hybridized carbons (Fsp3) is 0.188. The van der Waals surface area contributed by atoms with Crippen molar-refractivity contribution >= 4 is 40.5 Å². The molecule has 6 heteroatoms. The van der Waals surface area contributed by atoms with Gasteiger partial charge in [-0.25, -0.2) is 0 Å². The lowest BCUT2D eigenvalue weighted by Gasteiger charge is -2.17. The van der Waals surface area contributed by atoms with Crippen LogP contribution in [-0.4, -0.2) is 12.0 Å². The van der Waals surface area contributed by atoms with Gasteiger partial charge in [0, 0.05) is 5.02 Å². The number of hydrogen-bond acceptors (Lipinski definition) is 3. The molecule has 0 aliphatic carbocycles. The van der Waals surface area contributed by atoms with E-state index in [0.29, 0.717) is 32.7 Å². The second-order valence-electron chi connectivity index (χ2n) is 4.82. The molecular weight excluding hydrogens is 323 g/mol. The van der Waals surface area contributed by atoms with Gasteiger partial charge in [-0.1, -0.05) is 35.3 Å². The molecule has 0 heterocycles. The van der Waals surface area contributed by atoms with E-state index in [-0.39, 0.29) is 5.91 Å². The Labute approximate surface area is 139 Å². The van der Waals surface area contributed by atoms with E-state index in [1.54, 1.807) is 50.2 Å². The van der Waals surface area contributed by atoms with Crippen LogP contribution in [0.2, 0.25) is 10.0 Å². The van der Waals surface area contributed by atoms with Gasteiger partial charge in [0.1, 0.15) is 5.75 Å². The number of anilines is 2. The standard InChI is InChI=1S/C16H16Cl2N2O2/c1-9-11(17)7-8-14(15(9)18)22-10(2)16(21)20-13-6-4-3-5-12(13)19/h3-8,10H,19H2,1-2H3,(H,20,21). The maximum Gasteiger partial charge on any atom is 0.265 e. The van der Waals surface area contributed by atoms with E-state index in [1.165, 1.54) is 0 Å². The fourth-order valence-electron chi connectivity index (χ4n) is 1.82. The Morgan fingerprint density at radius 1 is 1.23 bits per heavy atom. The Morgan fingerprint density at radius 3 is 2.59 bits per heavy atom. The van der Waals surface area contributed by atoms with Crippen LogP contribution in [0.1, 0.15) is 12.5 Å². The number of ether oxygens (including phenoxy) is 1. The highest BCUT2D eigenvalue weighted by atomic mass is 35.5. The van der Waals surface area contributed by atoms with Crippen LogP contribution in [0, 0.1) is 6.92 Å². The molecule has 2 rings (SSSR count). The number of carbonyl (C=O) groups excluding carboxylic acids is 1. The molecule has 1 atom stereocenters. The number of rotatable bonds is 4. The molecule has 2 aromatic carbocycles. The molecule has 116 valence electrons. The van der Waals surface area contributed by atoms with Crippen molar-refractivity contribution in [2.45, 2.75) is 20.0 Å². The number of carbonyl (C=O) groups is 1. The molecule has 3 N–H and O–H groups in total. The van der Waals surface area contributed by atoms with Gasteiger partial charge in [-0.05, 0) is 43.7 Å². The summed E-state index contributed by atoms with van der Waals surface area (Å²) in [5.41, 5.74) is 7.53. The van der Waals surface area contributed by atoms with Gasteiger partial charge in [-0.15, -0.1) is 0 Å². The van der Waals surface area contributed by atoms with Crippen LogP contribution in [0.3, 0.4) is 0 Å². The van der Waals surface area contributed by atoms with Crippen molar-refractivity contribution in [2.24, 2.45) is 0 Å². The summed E-state index contributed by atoms with van der Waals surface area (Å²) in [5.74, 6) is 0.0915. The van der Waals surface area contributed by atoms with Crippen molar-refractivity contribution in [1.29, 1.82) is 0 Å². The van der Waals surface area contributed by atoms with Crippen molar-refractivity contribution in [3.8, 4) is 5.75 Å². The van der Waals surface area contributed by atoms with Crippen LogP contribution < -0.4 is 15.8 Å². The maximum atomic E-state index is 12.2. The van der Waals surface area contributed by atoms with Gasteiger partial charge in [-0.2, -0.15) is 0 Å². The van der Waals surface area contributed by atoms with E-state index >= 15 is 0 Å². The quantitative estimate of drug-likeness (QED) is 0.817. The highest BCUT2D eigenvalue weighted by Crippen LogP contribution is 2.33. The Balaban J connectivity index is 2.09. The first-order valence-electron chi connectivity index (χ1n) is 6.66. The summed E-state index contributed by atoms with van der Waals surface area (Å²) in [5, 5.41) is 3.66. The molecule has 0 radical (unpaired) electrons. The molecule has 0 fully saturated rings. The molecule has 0 bridgehead atoms. The number of benzene rings is 2. The van der Waals surface area contributed by atoms with Gasteiger partial charge >= 0.3 is 0 Å². The minimum absolute atomic E-state index is 0.318. The summed E-state index contributed by atoms with van der Waals surface area (Å²) in [6.07, 6.45) is -0.738. The number of nitrogens with one attached hydrogen (secondary N) is 1. The molecule has 0 saturated carbocycles. The maximum absolute atomic E-state index is 12.2. The molecule has 0 aliphatic heterocycles.